The smallest absolute Gasteiger partial charge is 0.350 e. The molecule has 0 aliphatic rings. The van der Waals surface area contributed by atoms with E-state index in [1.807, 2.05) is 30.3 Å². The number of urea groups is 1. The van der Waals surface area contributed by atoms with Gasteiger partial charge >= 0.3 is 12.2 Å². The number of halogens is 4. The first-order valence-corrected chi connectivity index (χ1v) is 13.1. The fourth-order valence-corrected chi connectivity index (χ4v) is 4.67. The Balaban J connectivity index is 1.61. The number of amides is 4. The first kappa shape index (κ1) is 29.9. The molecule has 0 unspecified atom stereocenters. The van der Waals surface area contributed by atoms with Crippen molar-refractivity contribution in [2.45, 2.75) is 32.5 Å². The molecule has 13 heteroatoms. The lowest BCUT2D eigenvalue weighted by Gasteiger charge is -2.30. The quantitative estimate of drug-likeness (QED) is 0.292. The van der Waals surface area contributed by atoms with Gasteiger partial charge < -0.3 is 20.9 Å². The van der Waals surface area contributed by atoms with Crippen molar-refractivity contribution < 1.29 is 27.6 Å². The number of benzene rings is 2. The summed E-state index contributed by atoms with van der Waals surface area (Å²) in [6, 6.07) is 10.9. The number of carbonyl (C=O) groups is 3. The largest absolute Gasteiger partial charge is 0.417 e. The molecule has 0 aliphatic heterocycles. The van der Waals surface area contributed by atoms with Crippen LogP contribution in [0, 0.1) is 5.92 Å². The third kappa shape index (κ3) is 8.17. The van der Waals surface area contributed by atoms with Crippen LogP contribution in [0.15, 0.2) is 53.9 Å². The van der Waals surface area contributed by atoms with Gasteiger partial charge in [-0.05, 0) is 36.1 Å². The molecule has 0 saturated carbocycles. The van der Waals surface area contributed by atoms with Crippen LogP contribution in [-0.2, 0) is 17.4 Å². The van der Waals surface area contributed by atoms with E-state index in [-0.39, 0.29) is 28.3 Å². The van der Waals surface area contributed by atoms with Crippen LogP contribution in [0.25, 0.3) is 0 Å². The molecule has 39 heavy (non-hydrogen) atoms. The van der Waals surface area contributed by atoms with E-state index >= 15 is 0 Å². The van der Waals surface area contributed by atoms with Gasteiger partial charge in [0.25, 0.3) is 5.91 Å². The highest BCUT2D eigenvalue weighted by Crippen LogP contribution is 2.36. The summed E-state index contributed by atoms with van der Waals surface area (Å²) in [6.07, 6.45) is -4.05. The molecule has 0 aliphatic carbocycles. The number of alkyl halides is 3. The summed E-state index contributed by atoms with van der Waals surface area (Å²) in [7, 11) is 1.35. The van der Waals surface area contributed by atoms with Crippen molar-refractivity contribution in [3.8, 4) is 0 Å². The highest BCUT2D eigenvalue weighted by Gasteiger charge is 2.34. The Morgan fingerprint density at radius 1 is 1.08 bits per heavy atom. The molecular formula is C26H27ClF3N5O3S. The second-order valence-corrected chi connectivity index (χ2v) is 10.2. The highest BCUT2D eigenvalue weighted by molar-refractivity contribution is 7.14. The number of rotatable bonds is 9. The van der Waals surface area contributed by atoms with Gasteiger partial charge in [0.2, 0.25) is 5.91 Å². The van der Waals surface area contributed by atoms with E-state index in [2.05, 4.69) is 20.9 Å². The summed E-state index contributed by atoms with van der Waals surface area (Å²) in [4.78, 5) is 43.6. The number of likely N-dealkylation sites (N-methyl/N-ethyl adjacent to an activating group) is 1. The Bertz CT molecular complexity index is 1320. The minimum absolute atomic E-state index is 0.130. The summed E-state index contributed by atoms with van der Waals surface area (Å²) in [5.41, 5.74) is -0.00619. The number of hydrogen-bond acceptors (Lipinski definition) is 5. The average molecular weight is 582 g/mol. The van der Waals surface area contributed by atoms with Gasteiger partial charge in [-0.2, -0.15) is 13.2 Å². The molecule has 0 radical (unpaired) electrons. The summed E-state index contributed by atoms with van der Waals surface area (Å²) < 4.78 is 39.5. The number of hydrogen-bond donors (Lipinski definition) is 3. The summed E-state index contributed by atoms with van der Waals surface area (Å²) in [6.45, 7) is 3.84. The van der Waals surface area contributed by atoms with Gasteiger partial charge in [0.15, 0.2) is 5.13 Å². The number of nitrogens with zero attached hydrogens (tertiary/aromatic N) is 2. The Labute approximate surface area is 232 Å². The fourth-order valence-electron chi connectivity index (χ4n) is 3.75. The van der Waals surface area contributed by atoms with Gasteiger partial charge in [0, 0.05) is 24.7 Å². The van der Waals surface area contributed by atoms with Gasteiger partial charge in [-0.15, -0.1) is 11.3 Å². The number of nitrogens with one attached hydrogen (secondary N) is 3. The summed E-state index contributed by atoms with van der Waals surface area (Å²) in [5.74, 6) is -1.32. The summed E-state index contributed by atoms with van der Waals surface area (Å²) >= 11 is 6.69. The number of aromatic nitrogens is 1. The van der Waals surface area contributed by atoms with Gasteiger partial charge in [-0.25, -0.2) is 9.78 Å². The minimum Gasteiger partial charge on any atom is -0.350 e. The highest BCUT2D eigenvalue weighted by atomic mass is 35.5. The first-order chi connectivity index (χ1) is 18.4. The van der Waals surface area contributed by atoms with E-state index in [1.54, 1.807) is 13.8 Å². The number of thiazole rings is 1. The van der Waals surface area contributed by atoms with Crippen molar-refractivity contribution in [3.05, 3.63) is 75.8 Å². The lowest BCUT2D eigenvalue weighted by molar-refractivity contribution is -0.137. The molecule has 3 rings (SSSR count). The van der Waals surface area contributed by atoms with Crippen molar-refractivity contribution in [1.82, 2.24) is 15.2 Å². The van der Waals surface area contributed by atoms with Crippen molar-refractivity contribution in [1.29, 1.82) is 0 Å². The van der Waals surface area contributed by atoms with Crippen LogP contribution >= 0.6 is 22.9 Å². The standard InChI is InChI=1S/C26H27ClF3N5O3S/c1-15(2)21(35(3)25(38)32-17-9-10-19(27)18(13-17)26(28,29)30)23(37)34-24-33-20(14-39-24)22(36)31-12-11-16-7-5-4-6-8-16/h4-10,13-15,21H,11-12H2,1-3H3,(H,31,36)(H,32,38)(H,33,34,37)/t21-/m0/s1. The minimum atomic E-state index is -4.70. The molecule has 1 atom stereocenters. The average Bonchev–Trinajstić information content (AvgIpc) is 3.33. The molecule has 1 heterocycles. The van der Waals surface area contributed by atoms with Crippen LogP contribution in [-0.4, -0.2) is 47.4 Å². The summed E-state index contributed by atoms with van der Waals surface area (Å²) in [5, 5.41) is 8.94. The van der Waals surface area contributed by atoms with Crippen LogP contribution in [0.5, 0.6) is 0 Å². The zero-order valence-corrected chi connectivity index (χ0v) is 22.9. The van der Waals surface area contributed by atoms with Gasteiger partial charge in [-0.1, -0.05) is 55.8 Å². The molecule has 8 nitrogen and oxygen atoms in total. The van der Waals surface area contributed by atoms with Gasteiger partial charge in [0.1, 0.15) is 11.7 Å². The third-order valence-electron chi connectivity index (χ3n) is 5.67. The van der Waals surface area contributed by atoms with E-state index in [0.29, 0.717) is 13.0 Å². The van der Waals surface area contributed by atoms with E-state index in [0.717, 1.165) is 33.9 Å². The zero-order chi connectivity index (χ0) is 28.7. The third-order valence-corrected chi connectivity index (χ3v) is 6.76. The molecular weight excluding hydrogens is 555 g/mol. The van der Waals surface area contributed by atoms with Crippen LogP contribution in [0.1, 0.15) is 35.5 Å². The van der Waals surface area contributed by atoms with Crippen molar-refractivity contribution in [2.75, 3.05) is 24.2 Å². The van der Waals surface area contributed by atoms with Crippen LogP contribution < -0.4 is 16.0 Å². The Hall–Kier alpha value is -3.64. The second-order valence-electron chi connectivity index (χ2n) is 8.94. The predicted molar refractivity (Wildman–Crippen MR) is 145 cm³/mol. The topological polar surface area (TPSA) is 103 Å². The van der Waals surface area contributed by atoms with Gasteiger partial charge in [-0.3, -0.25) is 9.59 Å². The number of anilines is 2. The molecule has 3 N–H and O–H groups in total. The van der Waals surface area contributed by atoms with Crippen molar-refractivity contribution in [3.63, 3.8) is 0 Å². The van der Waals surface area contributed by atoms with Gasteiger partial charge in [0.05, 0.1) is 10.6 Å². The Kier molecular flexibility index (Phi) is 9.92. The second kappa shape index (κ2) is 12.9. The molecule has 1 aromatic heterocycles. The van der Waals surface area contributed by atoms with Crippen LogP contribution in [0.3, 0.4) is 0 Å². The van der Waals surface area contributed by atoms with Crippen molar-refractivity contribution in [2.24, 2.45) is 5.92 Å². The lowest BCUT2D eigenvalue weighted by atomic mass is 10.0. The molecule has 3 aromatic rings. The fraction of sp³-hybridized carbons (Fsp3) is 0.308. The Morgan fingerprint density at radius 2 is 1.77 bits per heavy atom. The van der Waals surface area contributed by atoms with Crippen LogP contribution in [0.2, 0.25) is 5.02 Å². The Morgan fingerprint density at radius 3 is 2.41 bits per heavy atom. The molecule has 208 valence electrons. The van der Waals surface area contributed by atoms with Crippen molar-refractivity contribution >= 4 is 51.6 Å². The van der Waals surface area contributed by atoms with E-state index in [4.69, 9.17) is 11.6 Å². The molecule has 2 aromatic carbocycles. The molecule has 0 spiro atoms. The molecule has 4 amide bonds. The van der Waals surface area contributed by atoms with E-state index < -0.39 is 34.7 Å². The first-order valence-electron chi connectivity index (χ1n) is 11.9. The normalized spacial score (nSPS) is 12.1. The maximum Gasteiger partial charge on any atom is 0.417 e. The zero-order valence-electron chi connectivity index (χ0n) is 21.3. The maximum atomic E-state index is 13.2. The monoisotopic (exact) mass is 581 g/mol. The molecule has 0 saturated heterocycles. The predicted octanol–water partition coefficient (Wildman–Crippen LogP) is 5.91. The number of carbonyl (C=O) groups excluding carboxylic acids is 3. The van der Waals surface area contributed by atoms with Crippen LogP contribution in [0.4, 0.5) is 28.8 Å². The SMILES string of the molecule is CC(C)[C@@H](C(=O)Nc1nc(C(=O)NCCc2ccccc2)cs1)N(C)C(=O)Nc1ccc(Cl)c(C(F)(F)F)c1. The van der Waals surface area contributed by atoms with E-state index in [1.165, 1.54) is 18.5 Å². The molecule has 0 fully saturated rings. The lowest BCUT2D eigenvalue weighted by Crippen LogP contribution is -2.49. The maximum absolute atomic E-state index is 13.2. The van der Waals surface area contributed by atoms with E-state index in [9.17, 15) is 27.6 Å². The molecule has 0 bridgehead atoms.